The van der Waals surface area contributed by atoms with Crippen LogP contribution in [0, 0.1) is 0 Å². The third-order valence-corrected chi connectivity index (χ3v) is 3.00. The van der Waals surface area contributed by atoms with E-state index in [0.717, 1.165) is 11.6 Å². The topological polar surface area (TPSA) is 57.0 Å². The average molecular weight is 273 g/mol. The van der Waals surface area contributed by atoms with Crippen LogP contribution in [0.2, 0.25) is 0 Å². The molecule has 2 aromatic rings. The van der Waals surface area contributed by atoms with Gasteiger partial charge in [0, 0.05) is 18.0 Å². The summed E-state index contributed by atoms with van der Waals surface area (Å²) in [5.41, 5.74) is 0.713. The monoisotopic (exact) mass is 273 g/mol. The number of aromatic nitrogens is 3. The molecule has 0 unspecified atom stereocenters. The van der Waals surface area contributed by atoms with Crippen LogP contribution in [0.15, 0.2) is 30.6 Å². The van der Waals surface area contributed by atoms with Crippen molar-refractivity contribution in [3.8, 4) is 5.75 Å². The van der Waals surface area contributed by atoms with Crippen LogP contribution in [0.3, 0.4) is 0 Å². The van der Waals surface area contributed by atoms with Crippen LogP contribution in [0.5, 0.6) is 5.75 Å². The fourth-order valence-corrected chi connectivity index (χ4v) is 1.90. The molecule has 5 heteroatoms. The normalized spacial score (nSPS) is 10.8. The van der Waals surface area contributed by atoms with Crippen LogP contribution in [-0.4, -0.2) is 20.5 Å². The summed E-state index contributed by atoms with van der Waals surface area (Å²) in [6.45, 7) is 6.30. The second kappa shape index (κ2) is 6.32. The number of benzene rings is 1. The molecular formula is C15H19N3O2. The molecule has 1 heterocycles. The second-order valence-corrected chi connectivity index (χ2v) is 4.80. The van der Waals surface area contributed by atoms with Crippen molar-refractivity contribution < 1.29 is 9.53 Å². The summed E-state index contributed by atoms with van der Waals surface area (Å²) in [6, 6.07) is 7.43. The number of ether oxygens (including phenoxy) is 1. The first-order valence-electron chi connectivity index (χ1n) is 6.76. The summed E-state index contributed by atoms with van der Waals surface area (Å²) >= 11 is 0. The van der Waals surface area contributed by atoms with E-state index in [0.29, 0.717) is 18.6 Å². The summed E-state index contributed by atoms with van der Waals surface area (Å²) in [4.78, 5) is 15.7. The van der Waals surface area contributed by atoms with E-state index in [9.17, 15) is 4.79 Å². The zero-order valence-electron chi connectivity index (χ0n) is 12.0. The first-order chi connectivity index (χ1) is 9.61. The molecule has 0 atom stereocenters. The Labute approximate surface area is 118 Å². The van der Waals surface area contributed by atoms with Crippen molar-refractivity contribution in [3.05, 3.63) is 42.0 Å². The number of carbonyl (C=O) groups excluding carboxylic acids is 1. The molecule has 20 heavy (non-hydrogen) atoms. The molecule has 0 N–H and O–H groups in total. The number of hydrogen-bond donors (Lipinski definition) is 0. The summed E-state index contributed by atoms with van der Waals surface area (Å²) in [5.74, 6) is 1.64. The van der Waals surface area contributed by atoms with Gasteiger partial charge in [0.15, 0.2) is 11.6 Å². The Bertz CT molecular complexity index is 573. The van der Waals surface area contributed by atoms with Crippen molar-refractivity contribution >= 4 is 5.78 Å². The molecule has 0 spiro atoms. The van der Waals surface area contributed by atoms with Gasteiger partial charge in [-0.3, -0.25) is 4.79 Å². The maximum Gasteiger partial charge on any atom is 0.165 e. The van der Waals surface area contributed by atoms with Gasteiger partial charge >= 0.3 is 0 Å². The fourth-order valence-electron chi connectivity index (χ4n) is 1.90. The zero-order valence-corrected chi connectivity index (χ0v) is 12.0. The predicted octanol–water partition coefficient (Wildman–Crippen LogP) is 3.03. The first-order valence-corrected chi connectivity index (χ1v) is 6.76. The quantitative estimate of drug-likeness (QED) is 0.759. The number of ketones is 1. The van der Waals surface area contributed by atoms with Crippen molar-refractivity contribution in [1.29, 1.82) is 0 Å². The van der Waals surface area contributed by atoms with Gasteiger partial charge in [-0.15, -0.1) is 0 Å². The van der Waals surface area contributed by atoms with Crippen molar-refractivity contribution in [2.45, 2.75) is 39.8 Å². The van der Waals surface area contributed by atoms with Crippen LogP contribution in [0.1, 0.15) is 49.4 Å². The highest BCUT2D eigenvalue weighted by atomic mass is 16.5. The van der Waals surface area contributed by atoms with Crippen LogP contribution >= 0.6 is 0 Å². The Kier molecular flexibility index (Phi) is 4.50. The van der Waals surface area contributed by atoms with E-state index in [1.165, 1.54) is 6.33 Å². The molecule has 0 bridgehead atoms. The molecule has 1 aromatic carbocycles. The smallest absolute Gasteiger partial charge is 0.165 e. The van der Waals surface area contributed by atoms with Gasteiger partial charge in [-0.2, -0.15) is 5.10 Å². The van der Waals surface area contributed by atoms with E-state index in [4.69, 9.17) is 4.74 Å². The van der Waals surface area contributed by atoms with Gasteiger partial charge in [-0.1, -0.05) is 6.92 Å². The third kappa shape index (κ3) is 3.23. The predicted molar refractivity (Wildman–Crippen MR) is 75.8 cm³/mol. The molecule has 0 aliphatic rings. The largest absolute Gasteiger partial charge is 0.486 e. The SMILES string of the molecule is CCC(=O)c1ccc(OCc2ncnn2C(C)C)cc1. The number of nitrogens with zero attached hydrogens (tertiary/aromatic N) is 3. The Morgan fingerprint density at radius 3 is 2.60 bits per heavy atom. The van der Waals surface area contributed by atoms with Gasteiger partial charge in [-0.25, -0.2) is 9.67 Å². The van der Waals surface area contributed by atoms with Gasteiger partial charge in [-0.05, 0) is 38.1 Å². The minimum atomic E-state index is 0.135. The standard InChI is InChI=1S/C15H19N3O2/c1-4-14(19)12-5-7-13(8-6-12)20-9-15-16-10-17-18(15)11(2)3/h5-8,10-11H,4,9H2,1-3H3. The third-order valence-electron chi connectivity index (χ3n) is 3.00. The minimum Gasteiger partial charge on any atom is -0.486 e. The molecule has 106 valence electrons. The Morgan fingerprint density at radius 2 is 2.00 bits per heavy atom. The minimum absolute atomic E-state index is 0.135. The summed E-state index contributed by atoms with van der Waals surface area (Å²) in [6.07, 6.45) is 2.04. The molecule has 2 rings (SSSR count). The van der Waals surface area contributed by atoms with E-state index >= 15 is 0 Å². The van der Waals surface area contributed by atoms with Crippen LogP contribution in [0.25, 0.3) is 0 Å². The van der Waals surface area contributed by atoms with E-state index in [1.54, 1.807) is 24.3 Å². The summed E-state index contributed by atoms with van der Waals surface area (Å²) in [7, 11) is 0. The lowest BCUT2D eigenvalue weighted by molar-refractivity contribution is 0.0988. The van der Waals surface area contributed by atoms with Gasteiger partial charge < -0.3 is 4.74 Å². The highest BCUT2D eigenvalue weighted by molar-refractivity contribution is 5.95. The average Bonchev–Trinajstić information content (AvgIpc) is 2.93. The first kappa shape index (κ1) is 14.2. The van der Waals surface area contributed by atoms with Crippen LogP contribution in [-0.2, 0) is 6.61 Å². The van der Waals surface area contributed by atoms with Crippen LogP contribution < -0.4 is 4.74 Å². The Hall–Kier alpha value is -2.17. The lowest BCUT2D eigenvalue weighted by Crippen LogP contribution is -2.10. The van der Waals surface area contributed by atoms with E-state index in [2.05, 4.69) is 10.1 Å². The summed E-state index contributed by atoms with van der Waals surface area (Å²) < 4.78 is 7.50. The van der Waals surface area contributed by atoms with Gasteiger partial charge in [0.05, 0.1) is 0 Å². The number of rotatable bonds is 6. The van der Waals surface area contributed by atoms with Gasteiger partial charge in [0.25, 0.3) is 0 Å². The maximum atomic E-state index is 11.5. The summed E-state index contributed by atoms with van der Waals surface area (Å²) in [5, 5.41) is 4.16. The fraction of sp³-hybridized carbons (Fsp3) is 0.400. The molecule has 0 saturated heterocycles. The Morgan fingerprint density at radius 1 is 1.30 bits per heavy atom. The van der Waals surface area contributed by atoms with Crippen molar-refractivity contribution in [3.63, 3.8) is 0 Å². The lowest BCUT2D eigenvalue weighted by Gasteiger charge is -2.10. The molecule has 0 aliphatic heterocycles. The Balaban J connectivity index is 2.00. The molecule has 0 amide bonds. The highest BCUT2D eigenvalue weighted by Crippen LogP contribution is 2.15. The molecule has 0 aliphatic carbocycles. The van der Waals surface area contributed by atoms with E-state index < -0.39 is 0 Å². The maximum absolute atomic E-state index is 11.5. The molecule has 5 nitrogen and oxygen atoms in total. The van der Waals surface area contributed by atoms with Crippen LogP contribution in [0.4, 0.5) is 0 Å². The number of carbonyl (C=O) groups is 1. The van der Waals surface area contributed by atoms with Crippen molar-refractivity contribution in [1.82, 2.24) is 14.8 Å². The number of hydrogen-bond acceptors (Lipinski definition) is 4. The van der Waals surface area contributed by atoms with Gasteiger partial charge in [0.1, 0.15) is 18.7 Å². The number of Topliss-reactive ketones (excluding diaryl/α,β-unsaturated/α-hetero) is 1. The highest BCUT2D eigenvalue weighted by Gasteiger charge is 2.08. The molecule has 0 fully saturated rings. The molecule has 1 aromatic heterocycles. The van der Waals surface area contributed by atoms with Gasteiger partial charge in [0.2, 0.25) is 0 Å². The molecule has 0 saturated carbocycles. The lowest BCUT2D eigenvalue weighted by atomic mass is 10.1. The van der Waals surface area contributed by atoms with E-state index in [-0.39, 0.29) is 11.8 Å². The van der Waals surface area contributed by atoms with Crippen molar-refractivity contribution in [2.75, 3.05) is 0 Å². The van der Waals surface area contributed by atoms with Crippen molar-refractivity contribution in [2.24, 2.45) is 0 Å². The van der Waals surface area contributed by atoms with E-state index in [1.807, 2.05) is 25.5 Å². The zero-order chi connectivity index (χ0) is 14.5. The molecule has 0 radical (unpaired) electrons. The second-order valence-electron chi connectivity index (χ2n) is 4.80. The molecular weight excluding hydrogens is 254 g/mol.